The molecule has 1 saturated heterocycles. The number of rotatable bonds is 2. The molecular weight excluding hydrogens is 384 g/mol. The van der Waals surface area contributed by atoms with Gasteiger partial charge in [-0.25, -0.2) is 9.97 Å². The van der Waals surface area contributed by atoms with E-state index in [1.807, 2.05) is 12.1 Å². The van der Waals surface area contributed by atoms with Gasteiger partial charge in [0.2, 0.25) is 0 Å². The fraction of sp³-hybridized carbons (Fsp3) is 0.263. The Kier molecular flexibility index (Phi) is 3.99. The van der Waals surface area contributed by atoms with Crippen molar-refractivity contribution in [1.29, 1.82) is 0 Å². The van der Waals surface area contributed by atoms with Gasteiger partial charge in [-0.15, -0.1) is 0 Å². The van der Waals surface area contributed by atoms with Crippen LogP contribution in [-0.4, -0.2) is 36.1 Å². The average molecular weight is 401 g/mol. The third-order valence-electron chi connectivity index (χ3n) is 4.79. The molecular formula is C19H17ClN4S2. The van der Waals surface area contributed by atoms with Gasteiger partial charge in [0.05, 0.1) is 19.9 Å². The van der Waals surface area contributed by atoms with E-state index in [0.29, 0.717) is 0 Å². The fourth-order valence-corrected chi connectivity index (χ4v) is 5.75. The molecule has 0 atom stereocenters. The summed E-state index contributed by atoms with van der Waals surface area (Å²) in [6.45, 7) is 5.95. The summed E-state index contributed by atoms with van der Waals surface area (Å²) in [5, 5.41) is 2.92. The lowest BCUT2D eigenvalue weighted by Gasteiger charge is -2.34. The van der Waals surface area contributed by atoms with Gasteiger partial charge in [-0.2, -0.15) is 0 Å². The molecule has 0 unspecified atom stereocenters. The number of aromatic nitrogens is 2. The number of anilines is 2. The Morgan fingerprint density at radius 3 is 1.92 bits per heavy atom. The number of halogens is 1. The largest absolute Gasteiger partial charge is 0.345 e. The number of piperazine rings is 1. The highest BCUT2D eigenvalue weighted by atomic mass is 35.5. The maximum Gasteiger partial charge on any atom is 0.186 e. The Bertz CT molecular complexity index is 1010. The van der Waals surface area contributed by atoms with Crippen molar-refractivity contribution >= 4 is 65.0 Å². The first kappa shape index (κ1) is 16.3. The van der Waals surface area contributed by atoms with Crippen LogP contribution in [0.5, 0.6) is 0 Å². The van der Waals surface area contributed by atoms with Gasteiger partial charge in [0.25, 0.3) is 0 Å². The molecule has 0 saturated carbocycles. The Morgan fingerprint density at radius 2 is 1.35 bits per heavy atom. The van der Waals surface area contributed by atoms with Gasteiger partial charge in [0.1, 0.15) is 5.52 Å². The van der Waals surface area contributed by atoms with E-state index < -0.39 is 0 Å². The summed E-state index contributed by atoms with van der Waals surface area (Å²) in [4.78, 5) is 14.4. The molecule has 3 heterocycles. The quantitative estimate of drug-likeness (QED) is 0.463. The van der Waals surface area contributed by atoms with Crippen molar-refractivity contribution in [2.45, 2.75) is 6.92 Å². The lowest BCUT2D eigenvalue weighted by Crippen LogP contribution is -2.46. The number of nitrogens with zero attached hydrogens (tertiary/aromatic N) is 4. The molecule has 2 aromatic heterocycles. The standard InChI is InChI=1S/C19H17ClN4S2/c1-12-4-2-6-14-16(12)21-18(25-14)23-8-10-24(11-9-23)19-22-17-13(20)5-3-7-15(17)26-19/h2-7H,8-11H2,1H3. The van der Waals surface area contributed by atoms with E-state index in [1.54, 1.807) is 22.7 Å². The lowest BCUT2D eigenvalue weighted by molar-refractivity contribution is 0.651. The van der Waals surface area contributed by atoms with Crippen molar-refractivity contribution in [2.75, 3.05) is 36.0 Å². The molecule has 132 valence electrons. The molecule has 0 radical (unpaired) electrons. The summed E-state index contributed by atoms with van der Waals surface area (Å²) in [6.07, 6.45) is 0. The van der Waals surface area contributed by atoms with Gasteiger partial charge >= 0.3 is 0 Å². The summed E-state index contributed by atoms with van der Waals surface area (Å²) in [6, 6.07) is 12.4. The zero-order valence-corrected chi connectivity index (χ0v) is 16.7. The van der Waals surface area contributed by atoms with E-state index >= 15 is 0 Å². The second-order valence-corrected chi connectivity index (χ2v) is 8.90. The SMILES string of the molecule is Cc1cccc2sc(N3CCN(c4nc5c(Cl)cccc5s4)CC3)nc12. The van der Waals surface area contributed by atoms with Gasteiger partial charge in [-0.3, -0.25) is 0 Å². The van der Waals surface area contributed by atoms with Crippen molar-refractivity contribution in [1.82, 2.24) is 9.97 Å². The van der Waals surface area contributed by atoms with Crippen LogP contribution in [0.2, 0.25) is 5.02 Å². The number of fused-ring (bicyclic) bond motifs is 2. The lowest BCUT2D eigenvalue weighted by atomic mass is 10.2. The second kappa shape index (κ2) is 6.37. The van der Waals surface area contributed by atoms with Crippen molar-refractivity contribution in [3.05, 3.63) is 47.0 Å². The van der Waals surface area contributed by atoms with E-state index in [4.69, 9.17) is 21.6 Å². The number of aryl methyl sites for hydroxylation is 1. The molecule has 2 aromatic carbocycles. The van der Waals surface area contributed by atoms with Gasteiger partial charge in [0, 0.05) is 26.2 Å². The highest BCUT2D eigenvalue weighted by Gasteiger charge is 2.22. The van der Waals surface area contributed by atoms with Crippen LogP contribution in [0, 0.1) is 6.92 Å². The van der Waals surface area contributed by atoms with E-state index in [9.17, 15) is 0 Å². The minimum atomic E-state index is 0.730. The Morgan fingerprint density at radius 1 is 0.808 bits per heavy atom. The maximum atomic E-state index is 6.27. The molecule has 1 fully saturated rings. The third kappa shape index (κ3) is 2.73. The Hall–Kier alpha value is -1.89. The van der Waals surface area contributed by atoms with Gasteiger partial charge < -0.3 is 9.80 Å². The maximum absolute atomic E-state index is 6.27. The van der Waals surface area contributed by atoms with Crippen LogP contribution >= 0.6 is 34.3 Å². The highest BCUT2D eigenvalue weighted by molar-refractivity contribution is 7.22. The van der Waals surface area contributed by atoms with Gasteiger partial charge in [-0.05, 0) is 30.7 Å². The Balaban J connectivity index is 1.36. The summed E-state index contributed by atoms with van der Waals surface area (Å²) in [7, 11) is 0. The average Bonchev–Trinajstić information content (AvgIpc) is 3.28. The van der Waals surface area contributed by atoms with Crippen LogP contribution in [0.4, 0.5) is 10.3 Å². The number of benzene rings is 2. The fourth-order valence-electron chi connectivity index (χ4n) is 3.34. The van der Waals surface area contributed by atoms with E-state index in [-0.39, 0.29) is 0 Å². The monoisotopic (exact) mass is 400 g/mol. The topological polar surface area (TPSA) is 32.3 Å². The molecule has 4 aromatic rings. The number of hydrogen-bond donors (Lipinski definition) is 0. The molecule has 4 nitrogen and oxygen atoms in total. The number of para-hydroxylation sites is 2. The molecule has 0 aliphatic carbocycles. The van der Waals surface area contributed by atoms with Crippen LogP contribution in [0.3, 0.4) is 0 Å². The smallest absolute Gasteiger partial charge is 0.186 e. The zero-order valence-electron chi connectivity index (χ0n) is 14.3. The molecule has 1 aliphatic rings. The molecule has 7 heteroatoms. The van der Waals surface area contributed by atoms with E-state index in [0.717, 1.165) is 57.2 Å². The molecule has 0 spiro atoms. The highest BCUT2D eigenvalue weighted by Crippen LogP contribution is 2.35. The normalized spacial score (nSPS) is 15.3. The second-order valence-electron chi connectivity index (χ2n) is 6.48. The molecule has 1 aliphatic heterocycles. The third-order valence-corrected chi connectivity index (χ3v) is 7.26. The van der Waals surface area contributed by atoms with E-state index in [1.165, 1.54) is 10.3 Å². The molecule has 5 rings (SSSR count). The first-order chi connectivity index (χ1) is 12.7. The summed E-state index contributed by atoms with van der Waals surface area (Å²) in [5.41, 5.74) is 3.30. The predicted octanol–water partition coefficient (Wildman–Crippen LogP) is 5.19. The molecule has 0 N–H and O–H groups in total. The summed E-state index contributed by atoms with van der Waals surface area (Å²) < 4.78 is 2.42. The van der Waals surface area contributed by atoms with Crippen LogP contribution in [0.1, 0.15) is 5.56 Å². The van der Waals surface area contributed by atoms with Crippen molar-refractivity contribution < 1.29 is 0 Å². The zero-order chi connectivity index (χ0) is 17.7. The minimum Gasteiger partial charge on any atom is -0.345 e. The van der Waals surface area contributed by atoms with Crippen molar-refractivity contribution in [3.63, 3.8) is 0 Å². The molecule has 26 heavy (non-hydrogen) atoms. The van der Waals surface area contributed by atoms with Crippen LogP contribution in [0.25, 0.3) is 20.4 Å². The van der Waals surface area contributed by atoms with Crippen LogP contribution in [-0.2, 0) is 0 Å². The first-order valence-corrected chi connectivity index (χ1v) is 10.6. The Labute approximate surface area is 164 Å². The van der Waals surface area contributed by atoms with Crippen LogP contribution < -0.4 is 9.80 Å². The van der Waals surface area contributed by atoms with Crippen molar-refractivity contribution in [3.8, 4) is 0 Å². The first-order valence-electron chi connectivity index (χ1n) is 8.60. The predicted molar refractivity (Wildman–Crippen MR) is 113 cm³/mol. The van der Waals surface area contributed by atoms with Crippen LogP contribution in [0.15, 0.2) is 36.4 Å². The summed E-state index contributed by atoms with van der Waals surface area (Å²) >= 11 is 9.78. The van der Waals surface area contributed by atoms with E-state index in [2.05, 4.69) is 41.0 Å². The minimum absolute atomic E-state index is 0.730. The summed E-state index contributed by atoms with van der Waals surface area (Å²) in [5.74, 6) is 0. The molecule has 0 bridgehead atoms. The number of hydrogen-bond acceptors (Lipinski definition) is 6. The molecule has 0 amide bonds. The van der Waals surface area contributed by atoms with Gasteiger partial charge in [-0.1, -0.05) is 52.5 Å². The number of thiazole rings is 2. The van der Waals surface area contributed by atoms with Crippen molar-refractivity contribution in [2.24, 2.45) is 0 Å². The van der Waals surface area contributed by atoms with Gasteiger partial charge in [0.15, 0.2) is 10.3 Å².